The summed E-state index contributed by atoms with van der Waals surface area (Å²) in [5.74, 6) is 0. The highest BCUT2D eigenvalue weighted by Crippen LogP contribution is 2.27. The second-order valence-corrected chi connectivity index (χ2v) is 12.4. The summed E-state index contributed by atoms with van der Waals surface area (Å²) in [4.78, 5) is 0. The number of unbranched alkanes of at least 4 members (excludes halogenated alkanes) is 21. The van der Waals surface area contributed by atoms with E-state index in [1.54, 1.807) is 0 Å². The van der Waals surface area contributed by atoms with Gasteiger partial charge in [-0.25, -0.2) is 0 Å². The molecule has 0 fully saturated rings. The van der Waals surface area contributed by atoms with E-state index in [4.69, 9.17) is 23.3 Å². The van der Waals surface area contributed by atoms with Crippen LogP contribution in [0.4, 0.5) is 0 Å². The summed E-state index contributed by atoms with van der Waals surface area (Å²) in [5, 5.41) is 0. The summed E-state index contributed by atoms with van der Waals surface area (Å²) >= 11 is 0. The van der Waals surface area contributed by atoms with Crippen molar-refractivity contribution in [2.45, 2.75) is 200 Å². The molecule has 0 aliphatic carbocycles. The summed E-state index contributed by atoms with van der Waals surface area (Å²) in [7, 11) is -4.67. The first-order chi connectivity index (χ1) is 17.7. The van der Waals surface area contributed by atoms with E-state index in [1.165, 1.54) is 173 Å². The zero-order valence-corrected chi connectivity index (χ0v) is 26.1. The molecule has 0 heterocycles. The van der Waals surface area contributed by atoms with Crippen molar-refractivity contribution in [3.05, 3.63) is 0 Å². The average molecular weight is 550 g/mol. The lowest BCUT2D eigenvalue weighted by molar-refractivity contribution is 0.302. The fourth-order valence-electron chi connectivity index (χ4n) is 5.21. The summed E-state index contributed by atoms with van der Waals surface area (Å²) in [6.45, 7) is 6.92. The van der Waals surface area contributed by atoms with Crippen LogP contribution in [-0.4, -0.2) is 23.1 Å². The molecule has 4 N–H and O–H groups in total. The molecule has 5 nitrogen and oxygen atoms in total. The van der Waals surface area contributed by atoms with Crippen molar-refractivity contribution < 1.29 is 17.5 Å². The molecule has 0 aromatic heterocycles. The second-order valence-electron chi connectivity index (χ2n) is 11.5. The Hall–Kier alpha value is -0.170. The Morgan fingerprint density at radius 3 is 0.784 bits per heavy atom. The first kappa shape index (κ1) is 39.0. The lowest BCUT2D eigenvalue weighted by Gasteiger charge is -2.30. The first-order valence-electron chi connectivity index (χ1n) is 16.2. The van der Waals surface area contributed by atoms with Gasteiger partial charge in [0.2, 0.25) is 0 Å². The molecule has 0 amide bonds. The fraction of sp³-hybridized carbons (Fsp3) is 1.00. The molecule has 0 saturated heterocycles. The van der Waals surface area contributed by atoms with Gasteiger partial charge in [0, 0.05) is 5.54 Å². The molecular weight excluding hydrogens is 482 g/mol. The summed E-state index contributed by atoms with van der Waals surface area (Å²) in [6, 6.07) is 0. The van der Waals surface area contributed by atoms with E-state index >= 15 is 0 Å². The maximum atomic E-state index is 8.74. The van der Waals surface area contributed by atoms with Crippen LogP contribution < -0.4 is 5.73 Å². The van der Waals surface area contributed by atoms with E-state index in [0.29, 0.717) is 0 Å². The minimum Gasteiger partial charge on any atom is -0.325 e. The molecule has 0 saturated carbocycles. The van der Waals surface area contributed by atoms with Gasteiger partial charge in [-0.15, -0.1) is 0 Å². The molecule has 37 heavy (non-hydrogen) atoms. The van der Waals surface area contributed by atoms with E-state index < -0.39 is 10.4 Å². The third kappa shape index (κ3) is 38.0. The van der Waals surface area contributed by atoms with Gasteiger partial charge in [-0.05, 0) is 19.3 Å². The maximum Gasteiger partial charge on any atom is 0.394 e. The van der Waals surface area contributed by atoms with E-state index in [9.17, 15) is 0 Å². The van der Waals surface area contributed by atoms with Gasteiger partial charge in [-0.2, -0.15) is 8.42 Å². The van der Waals surface area contributed by atoms with E-state index in [2.05, 4.69) is 20.8 Å². The third-order valence-corrected chi connectivity index (χ3v) is 7.58. The third-order valence-electron chi connectivity index (χ3n) is 7.58. The summed E-state index contributed by atoms with van der Waals surface area (Å²) < 4.78 is 31.6. The Bertz CT molecular complexity index is 481. The first-order valence-corrected chi connectivity index (χ1v) is 17.6. The molecule has 0 aromatic rings. The molecule has 0 rings (SSSR count). The zero-order valence-electron chi connectivity index (χ0n) is 25.3. The van der Waals surface area contributed by atoms with Crippen molar-refractivity contribution >= 4 is 10.4 Å². The molecule has 0 aliphatic heterocycles. The standard InChI is InChI=1S/C31H65N.H2O4S/c1-4-7-10-13-16-19-22-25-28-31(32,29-26-23-20-17-14-11-8-5-2)30-27-24-21-18-15-12-9-6-3;1-5(2,3)4/h4-30,32H2,1-3H3;(H2,1,2,3,4). The number of rotatable bonds is 27. The monoisotopic (exact) mass is 549 g/mol. The lowest BCUT2D eigenvalue weighted by atomic mass is 9.82. The predicted octanol–water partition coefficient (Wildman–Crippen LogP) is 10.6. The SMILES string of the molecule is CCCCCCCCCCC(N)(CCCCCCCCCC)CCCCCCCCCC.O=S(=O)(O)O. The molecule has 0 aromatic carbocycles. The van der Waals surface area contributed by atoms with Crippen LogP contribution >= 0.6 is 0 Å². The highest BCUT2D eigenvalue weighted by Gasteiger charge is 2.23. The quantitative estimate of drug-likeness (QED) is 0.0698. The van der Waals surface area contributed by atoms with Gasteiger partial charge in [-0.3, -0.25) is 9.11 Å². The summed E-state index contributed by atoms with van der Waals surface area (Å²) in [5.41, 5.74) is 7.17. The molecule has 0 bridgehead atoms. The van der Waals surface area contributed by atoms with E-state index in [0.717, 1.165) is 0 Å². The topological polar surface area (TPSA) is 101 Å². The van der Waals surface area contributed by atoms with Crippen LogP contribution in [0, 0.1) is 0 Å². The molecule has 0 atom stereocenters. The number of nitrogens with two attached hydrogens (primary N) is 1. The lowest BCUT2D eigenvalue weighted by Crippen LogP contribution is -2.39. The van der Waals surface area contributed by atoms with Crippen LogP contribution in [0.25, 0.3) is 0 Å². The van der Waals surface area contributed by atoms with Gasteiger partial charge in [-0.1, -0.05) is 175 Å². The molecule has 6 heteroatoms. The molecule has 0 spiro atoms. The van der Waals surface area contributed by atoms with E-state index in [-0.39, 0.29) is 5.54 Å². The van der Waals surface area contributed by atoms with Crippen molar-refractivity contribution in [3.63, 3.8) is 0 Å². The molecule has 226 valence electrons. The smallest absolute Gasteiger partial charge is 0.325 e. The highest BCUT2D eigenvalue weighted by atomic mass is 32.3. The normalized spacial score (nSPS) is 11.9. The molecule has 0 radical (unpaired) electrons. The second kappa shape index (κ2) is 28.8. The Morgan fingerprint density at radius 2 is 0.595 bits per heavy atom. The maximum absolute atomic E-state index is 8.74. The Morgan fingerprint density at radius 1 is 0.432 bits per heavy atom. The van der Waals surface area contributed by atoms with Crippen molar-refractivity contribution in [3.8, 4) is 0 Å². The zero-order chi connectivity index (χ0) is 28.1. The van der Waals surface area contributed by atoms with Crippen LogP contribution in [0.1, 0.15) is 194 Å². The van der Waals surface area contributed by atoms with Gasteiger partial charge in [0.25, 0.3) is 0 Å². The largest absolute Gasteiger partial charge is 0.394 e. The van der Waals surface area contributed by atoms with E-state index in [1.807, 2.05) is 0 Å². The fourth-order valence-corrected chi connectivity index (χ4v) is 5.21. The number of hydrogen-bond acceptors (Lipinski definition) is 3. The summed E-state index contributed by atoms with van der Waals surface area (Å²) in [6.07, 6.45) is 37.7. The van der Waals surface area contributed by atoms with Gasteiger partial charge >= 0.3 is 10.4 Å². The number of hydrogen-bond donors (Lipinski definition) is 3. The van der Waals surface area contributed by atoms with Crippen molar-refractivity contribution in [1.29, 1.82) is 0 Å². The molecule has 0 unspecified atom stereocenters. The minimum absolute atomic E-state index is 0.132. The Labute approximate surface area is 233 Å². The van der Waals surface area contributed by atoms with Gasteiger partial charge in [0.1, 0.15) is 0 Å². The van der Waals surface area contributed by atoms with Crippen molar-refractivity contribution in [2.75, 3.05) is 0 Å². The predicted molar refractivity (Wildman–Crippen MR) is 163 cm³/mol. The van der Waals surface area contributed by atoms with Crippen LogP contribution in [0.3, 0.4) is 0 Å². The van der Waals surface area contributed by atoms with Crippen molar-refractivity contribution in [2.24, 2.45) is 5.73 Å². The highest BCUT2D eigenvalue weighted by molar-refractivity contribution is 7.79. The molecular formula is C31H67NO4S. The Balaban J connectivity index is 0. The van der Waals surface area contributed by atoms with Crippen LogP contribution in [0.2, 0.25) is 0 Å². The van der Waals surface area contributed by atoms with Gasteiger partial charge in [0.05, 0.1) is 0 Å². The average Bonchev–Trinajstić information content (AvgIpc) is 2.83. The Kier molecular flexibility index (Phi) is 30.4. The van der Waals surface area contributed by atoms with Crippen LogP contribution in [0.15, 0.2) is 0 Å². The van der Waals surface area contributed by atoms with Crippen molar-refractivity contribution in [1.82, 2.24) is 0 Å². The van der Waals surface area contributed by atoms with Gasteiger partial charge < -0.3 is 5.73 Å². The van der Waals surface area contributed by atoms with Gasteiger partial charge in [0.15, 0.2) is 0 Å². The van der Waals surface area contributed by atoms with Crippen LogP contribution in [-0.2, 0) is 10.4 Å². The van der Waals surface area contributed by atoms with Crippen LogP contribution in [0.5, 0.6) is 0 Å². The minimum atomic E-state index is -4.67. The molecule has 0 aliphatic rings.